The van der Waals surface area contributed by atoms with Crippen LogP contribution in [0.1, 0.15) is 24.4 Å². The zero-order valence-electron chi connectivity index (χ0n) is 15.8. The molecule has 4 rings (SSSR count). The van der Waals surface area contributed by atoms with Crippen molar-refractivity contribution in [2.75, 3.05) is 25.0 Å². The lowest BCUT2D eigenvalue weighted by molar-refractivity contribution is -0.128. The van der Waals surface area contributed by atoms with Gasteiger partial charge in [0.05, 0.1) is 12.0 Å². The van der Waals surface area contributed by atoms with Crippen molar-refractivity contribution >= 4 is 29.1 Å². The van der Waals surface area contributed by atoms with Gasteiger partial charge in [0.2, 0.25) is 11.8 Å². The molecule has 28 heavy (non-hydrogen) atoms. The van der Waals surface area contributed by atoms with Crippen LogP contribution in [0.25, 0.3) is 0 Å². The fourth-order valence-electron chi connectivity index (χ4n) is 4.31. The predicted molar refractivity (Wildman–Crippen MR) is 110 cm³/mol. The lowest BCUT2D eigenvalue weighted by Crippen LogP contribution is -2.42. The maximum Gasteiger partial charge on any atom is 0.226 e. The Morgan fingerprint density at radius 1 is 1.14 bits per heavy atom. The Morgan fingerprint density at radius 3 is 2.68 bits per heavy atom. The van der Waals surface area contributed by atoms with Gasteiger partial charge in [-0.15, -0.1) is 0 Å². The summed E-state index contributed by atoms with van der Waals surface area (Å²) in [5, 5.41) is 3.79. The van der Waals surface area contributed by atoms with Crippen LogP contribution in [0, 0.1) is 5.92 Å². The Morgan fingerprint density at radius 2 is 1.93 bits per heavy atom. The standard InChI is InChI=1S/C22H24ClN3O2/c1-25-20(27)13-19(21(25)15-6-5-7-16(23)12-15)22(28)24-17-10-11-26(14-17)18-8-3-2-4-9-18/h2-9,12,17,19,21H,10-11,13-14H2,1H3,(H,24,28). The number of nitrogens with one attached hydrogen (secondary N) is 1. The van der Waals surface area contributed by atoms with Gasteiger partial charge in [-0.05, 0) is 36.2 Å². The molecule has 2 amide bonds. The molecule has 0 saturated carbocycles. The van der Waals surface area contributed by atoms with Crippen molar-refractivity contribution in [1.82, 2.24) is 10.2 Å². The highest BCUT2D eigenvalue weighted by molar-refractivity contribution is 6.30. The number of hydrogen-bond donors (Lipinski definition) is 1. The molecule has 0 aliphatic carbocycles. The van der Waals surface area contributed by atoms with Gasteiger partial charge in [-0.25, -0.2) is 0 Å². The molecule has 5 nitrogen and oxygen atoms in total. The molecule has 3 unspecified atom stereocenters. The summed E-state index contributed by atoms with van der Waals surface area (Å²) in [7, 11) is 1.76. The Hall–Kier alpha value is -2.53. The molecule has 2 aromatic carbocycles. The molecule has 0 radical (unpaired) electrons. The molecule has 2 saturated heterocycles. The van der Waals surface area contributed by atoms with Crippen LogP contribution in [0.2, 0.25) is 5.02 Å². The summed E-state index contributed by atoms with van der Waals surface area (Å²) in [6.07, 6.45) is 1.13. The van der Waals surface area contributed by atoms with E-state index in [9.17, 15) is 9.59 Å². The van der Waals surface area contributed by atoms with Gasteiger partial charge in [-0.3, -0.25) is 9.59 Å². The molecule has 146 valence electrons. The summed E-state index contributed by atoms with van der Waals surface area (Å²) < 4.78 is 0. The first-order valence-corrected chi connectivity index (χ1v) is 10.0. The average Bonchev–Trinajstić information content (AvgIpc) is 3.27. The number of amides is 2. The van der Waals surface area contributed by atoms with Crippen LogP contribution in [0.4, 0.5) is 5.69 Å². The van der Waals surface area contributed by atoms with Crippen molar-refractivity contribution in [3.63, 3.8) is 0 Å². The number of carbonyl (C=O) groups excluding carboxylic acids is 2. The second-order valence-electron chi connectivity index (χ2n) is 7.59. The molecule has 2 heterocycles. The van der Waals surface area contributed by atoms with Gasteiger partial charge in [0, 0.05) is 43.3 Å². The van der Waals surface area contributed by atoms with Crippen LogP contribution in [0.3, 0.4) is 0 Å². The number of nitrogens with zero attached hydrogens (tertiary/aromatic N) is 2. The van der Waals surface area contributed by atoms with E-state index in [0.29, 0.717) is 5.02 Å². The zero-order chi connectivity index (χ0) is 19.7. The lowest BCUT2D eigenvalue weighted by Gasteiger charge is -2.26. The first-order chi connectivity index (χ1) is 13.5. The second-order valence-corrected chi connectivity index (χ2v) is 8.03. The minimum atomic E-state index is -0.401. The summed E-state index contributed by atoms with van der Waals surface area (Å²) in [6.45, 7) is 1.70. The Kier molecular flexibility index (Phi) is 5.27. The predicted octanol–water partition coefficient (Wildman–Crippen LogP) is 3.25. The van der Waals surface area contributed by atoms with Crippen molar-refractivity contribution in [1.29, 1.82) is 0 Å². The van der Waals surface area contributed by atoms with Crippen LogP contribution < -0.4 is 10.2 Å². The maximum atomic E-state index is 13.1. The number of carbonyl (C=O) groups is 2. The van der Waals surface area contributed by atoms with Crippen molar-refractivity contribution in [3.8, 4) is 0 Å². The van der Waals surface area contributed by atoms with Gasteiger partial charge in [-0.2, -0.15) is 0 Å². The third-order valence-electron chi connectivity index (χ3n) is 5.77. The highest BCUT2D eigenvalue weighted by atomic mass is 35.5. The monoisotopic (exact) mass is 397 g/mol. The SMILES string of the molecule is CN1C(=O)CC(C(=O)NC2CCN(c3ccccc3)C2)C1c1cccc(Cl)c1. The summed E-state index contributed by atoms with van der Waals surface area (Å²) in [6, 6.07) is 17.5. The van der Waals surface area contributed by atoms with E-state index in [1.165, 1.54) is 5.69 Å². The number of likely N-dealkylation sites (tertiary alicyclic amines) is 1. The number of hydrogen-bond acceptors (Lipinski definition) is 3. The van der Waals surface area contributed by atoms with Crippen LogP contribution in [0.5, 0.6) is 0 Å². The third-order valence-corrected chi connectivity index (χ3v) is 6.00. The van der Waals surface area contributed by atoms with E-state index in [1.54, 1.807) is 18.0 Å². The number of benzene rings is 2. The zero-order valence-corrected chi connectivity index (χ0v) is 16.6. The first kappa shape index (κ1) is 18.8. The van der Waals surface area contributed by atoms with Gasteiger partial charge in [0.25, 0.3) is 0 Å². The van der Waals surface area contributed by atoms with E-state index in [-0.39, 0.29) is 30.3 Å². The minimum Gasteiger partial charge on any atom is -0.369 e. The molecule has 2 aliphatic rings. The van der Waals surface area contributed by atoms with Crippen LogP contribution in [-0.2, 0) is 9.59 Å². The smallest absolute Gasteiger partial charge is 0.226 e. The average molecular weight is 398 g/mol. The van der Waals surface area contributed by atoms with Gasteiger partial charge in [-0.1, -0.05) is 41.9 Å². The quantitative estimate of drug-likeness (QED) is 0.861. The van der Waals surface area contributed by atoms with E-state index in [1.807, 2.05) is 36.4 Å². The van der Waals surface area contributed by atoms with Gasteiger partial charge in [0.15, 0.2) is 0 Å². The van der Waals surface area contributed by atoms with Crippen molar-refractivity contribution in [2.45, 2.75) is 24.9 Å². The molecule has 0 bridgehead atoms. The topological polar surface area (TPSA) is 52.7 Å². The number of halogens is 1. The maximum absolute atomic E-state index is 13.1. The summed E-state index contributed by atoms with van der Waals surface area (Å²) in [5.74, 6) is -0.466. The molecule has 2 fully saturated rings. The molecular formula is C22H24ClN3O2. The van der Waals surface area contributed by atoms with Gasteiger partial charge in [0.1, 0.15) is 0 Å². The fourth-order valence-corrected chi connectivity index (χ4v) is 4.51. The highest BCUT2D eigenvalue weighted by Crippen LogP contribution is 2.38. The number of rotatable bonds is 4. The molecule has 3 atom stereocenters. The largest absolute Gasteiger partial charge is 0.369 e. The van der Waals surface area contributed by atoms with E-state index < -0.39 is 5.92 Å². The third kappa shape index (κ3) is 3.72. The van der Waals surface area contributed by atoms with E-state index in [0.717, 1.165) is 25.1 Å². The fraction of sp³-hybridized carbons (Fsp3) is 0.364. The molecule has 1 N–H and O–H groups in total. The van der Waals surface area contributed by atoms with E-state index in [4.69, 9.17) is 11.6 Å². The summed E-state index contributed by atoms with van der Waals surface area (Å²) >= 11 is 6.14. The number of anilines is 1. The second kappa shape index (κ2) is 7.84. The number of para-hydroxylation sites is 1. The molecule has 2 aromatic rings. The van der Waals surface area contributed by atoms with E-state index >= 15 is 0 Å². The van der Waals surface area contributed by atoms with Crippen molar-refractivity contribution < 1.29 is 9.59 Å². The van der Waals surface area contributed by atoms with Crippen molar-refractivity contribution in [3.05, 3.63) is 65.2 Å². The molecule has 6 heteroatoms. The first-order valence-electron chi connectivity index (χ1n) is 9.64. The Balaban J connectivity index is 1.45. The van der Waals surface area contributed by atoms with Gasteiger partial charge < -0.3 is 15.1 Å². The van der Waals surface area contributed by atoms with Crippen LogP contribution in [-0.4, -0.2) is 42.9 Å². The molecular weight excluding hydrogens is 374 g/mol. The molecule has 0 spiro atoms. The molecule has 0 aromatic heterocycles. The highest BCUT2D eigenvalue weighted by Gasteiger charge is 2.43. The normalized spacial score (nSPS) is 24.6. The van der Waals surface area contributed by atoms with Crippen LogP contribution >= 0.6 is 11.6 Å². The summed E-state index contributed by atoms with van der Waals surface area (Å²) in [5.41, 5.74) is 2.07. The Labute approximate surface area is 170 Å². The summed E-state index contributed by atoms with van der Waals surface area (Å²) in [4.78, 5) is 29.3. The van der Waals surface area contributed by atoms with Crippen LogP contribution in [0.15, 0.2) is 54.6 Å². The minimum absolute atomic E-state index is 0.0116. The van der Waals surface area contributed by atoms with Gasteiger partial charge >= 0.3 is 0 Å². The Bertz CT molecular complexity index is 873. The lowest BCUT2D eigenvalue weighted by atomic mass is 9.92. The van der Waals surface area contributed by atoms with E-state index in [2.05, 4.69) is 22.3 Å². The van der Waals surface area contributed by atoms with Crippen molar-refractivity contribution in [2.24, 2.45) is 5.92 Å². The molecule has 2 aliphatic heterocycles.